The zero-order valence-electron chi connectivity index (χ0n) is 10.5. The third kappa shape index (κ3) is 2.15. The van der Waals surface area contributed by atoms with Crippen molar-refractivity contribution in [3.05, 3.63) is 72.3 Å². The standard InChI is InChI=1S/C16H13FN2/c1-12-5-10-16(15-4-2-3-11-18-15)19(12)14-8-6-13(17)7-9-14/h2-11H,1H3. The Kier molecular flexibility index (Phi) is 2.88. The summed E-state index contributed by atoms with van der Waals surface area (Å²) in [6.45, 7) is 2.02. The number of nitrogens with zero attached hydrogens (tertiary/aromatic N) is 2. The SMILES string of the molecule is Cc1ccc(-c2ccccn2)n1-c1ccc(F)cc1. The molecule has 0 bridgehead atoms. The maximum absolute atomic E-state index is 13.0. The van der Waals surface area contributed by atoms with Crippen LogP contribution in [0.4, 0.5) is 4.39 Å². The molecule has 0 N–H and O–H groups in total. The summed E-state index contributed by atoms with van der Waals surface area (Å²) in [5.74, 6) is -0.229. The van der Waals surface area contributed by atoms with Gasteiger partial charge < -0.3 is 4.57 Å². The van der Waals surface area contributed by atoms with Crippen LogP contribution in [-0.2, 0) is 0 Å². The number of hydrogen-bond acceptors (Lipinski definition) is 1. The minimum absolute atomic E-state index is 0.229. The average molecular weight is 252 g/mol. The van der Waals surface area contributed by atoms with Crippen molar-refractivity contribution in [1.29, 1.82) is 0 Å². The van der Waals surface area contributed by atoms with Crippen LogP contribution in [0, 0.1) is 12.7 Å². The van der Waals surface area contributed by atoms with E-state index in [4.69, 9.17) is 0 Å². The van der Waals surface area contributed by atoms with E-state index in [2.05, 4.69) is 9.55 Å². The number of pyridine rings is 1. The fraction of sp³-hybridized carbons (Fsp3) is 0.0625. The van der Waals surface area contributed by atoms with Gasteiger partial charge in [0.1, 0.15) is 5.82 Å². The van der Waals surface area contributed by atoms with E-state index in [0.717, 1.165) is 22.8 Å². The van der Waals surface area contributed by atoms with Gasteiger partial charge in [-0.2, -0.15) is 0 Å². The molecule has 3 heteroatoms. The monoisotopic (exact) mass is 252 g/mol. The molecule has 0 amide bonds. The van der Waals surface area contributed by atoms with Crippen LogP contribution in [0.25, 0.3) is 17.1 Å². The van der Waals surface area contributed by atoms with Gasteiger partial charge in [-0.05, 0) is 55.5 Å². The van der Waals surface area contributed by atoms with Gasteiger partial charge in [-0.25, -0.2) is 4.39 Å². The summed E-state index contributed by atoms with van der Waals surface area (Å²) in [5, 5.41) is 0. The zero-order chi connectivity index (χ0) is 13.2. The van der Waals surface area contributed by atoms with Gasteiger partial charge in [0.05, 0.1) is 11.4 Å². The molecule has 0 aliphatic carbocycles. The lowest BCUT2D eigenvalue weighted by atomic mass is 10.2. The first-order chi connectivity index (χ1) is 9.25. The summed E-state index contributed by atoms with van der Waals surface area (Å²) in [7, 11) is 0. The van der Waals surface area contributed by atoms with Gasteiger partial charge in [0.2, 0.25) is 0 Å². The zero-order valence-corrected chi connectivity index (χ0v) is 10.5. The van der Waals surface area contributed by atoms with Crippen LogP contribution in [0.5, 0.6) is 0 Å². The fourth-order valence-corrected chi connectivity index (χ4v) is 2.19. The molecule has 0 aliphatic heterocycles. The molecule has 0 spiro atoms. The Morgan fingerprint density at radius 3 is 2.42 bits per heavy atom. The molecule has 3 rings (SSSR count). The van der Waals surface area contributed by atoms with Crippen molar-refractivity contribution < 1.29 is 4.39 Å². The third-order valence-corrected chi connectivity index (χ3v) is 3.09. The van der Waals surface area contributed by atoms with Gasteiger partial charge in [0.15, 0.2) is 0 Å². The highest BCUT2D eigenvalue weighted by Crippen LogP contribution is 2.24. The predicted octanol–water partition coefficient (Wildman–Crippen LogP) is 3.99. The number of hydrogen-bond donors (Lipinski definition) is 0. The van der Waals surface area contributed by atoms with Crippen LogP contribution in [0.15, 0.2) is 60.8 Å². The first-order valence-electron chi connectivity index (χ1n) is 6.11. The summed E-state index contributed by atoms with van der Waals surface area (Å²) < 4.78 is 15.1. The van der Waals surface area contributed by atoms with Crippen molar-refractivity contribution >= 4 is 0 Å². The molecule has 0 atom stereocenters. The van der Waals surface area contributed by atoms with E-state index in [-0.39, 0.29) is 5.82 Å². The molecular weight excluding hydrogens is 239 g/mol. The normalized spacial score (nSPS) is 10.6. The molecule has 0 radical (unpaired) electrons. The third-order valence-electron chi connectivity index (χ3n) is 3.09. The first-order valence-corrected chi connectivity index (χ1v) is 6.11. The summed E-state index contributed by atoms with van der Waals surface area (Å²) in [6.07, 6.45) is 1.77. The molecule has 0 aliphatic rings. The summed E-state index contributed by atoms with van der Waals surface area (Å²) >= 11 is 0. The van der Waals surface area contributed by atoms with Gasteiger partial charge in [-0.1, -0.05) is 6.07 Å². The Bertz CT molecular complexity index is 685. The minimum Gasteiger partial charge on any atom is -0.312 e. The van der Waals surface area contributed by atoms with Crippen LogP contribution in [0.3, 0.4) is 0 Å². The number of benzene rings is 1. The molecule has 94 valence electrons. The lowest BCUT2D eigenvalue weighted by molar-refractivity contribution is 0.627. The predicted molar refractivity (Wildman–Crippen MR) is 73.7 cm³/mol. The smallest absolute Gasteiger partial charge is 0.123 e. The van der Waals surface area contributed by atoms with Gasteiger partial charge in [-0.15, -0.1) is 0 Å². The molecule has 0 fully saturated rings. The van der Waals surface area contributed by atoms with Crippen LogP contribution in [-0.4, -0.2) is 9.55 Å². The molecule has 19 heavy (non-hydrogen) atoms. The molecule has 0 unspecified atom stereocenters. The number of rotatable bonds is 2. The number of aryl methyl sites for hydroxylation is 1. The minimum atomic E-state index is -0.229. The van der Waals surface area contributed by atoms with E-state index in [9.17, 15) is 4.39 Å². The molecule has 2 nitrogen and oxygen atoms in total. The molecule has 0 saturated carbocycles. The lowest BCUT2D eigenvalue weighted by Crippen LogP contribution is -1.99. The van der Waals surface area contributed by atoms with E-state index in [1.807, 2.05) is 37.3 Å². The molecular formula is C16H13FN2. The Balaban J connectivity index is 2.17. The van der Waals surface area contributed by atoms with E-state index >= 15 is 0 Å². The quantitative estimate of drug-likeness (QED) is 0.674. The Labute approximate surface area is 111 Å². The second-order valence-corrected chi connectivity index (χ2v) is 4.39. The average Bonchev–Trinajstić information content (AvgIpc) is 2.83. The number of aromatic nitrogens is 2. The van der Waals surface area contributed by atoms with Crippen LogP contribution in [0.2, 0.25) is 0 Å². The Hall–Kier alpha value is -2.42. The van der Waals surface area contributed by atoms with Crippen LogP contribution >= 0.6 is 0 Å². The van der Waals surface area contributed by atoms with Crippen LogP contribution < -0.4 is 0 Å². The molecule has 2 heterocycles. The summed E-state index contributed by atoms with van der Waals surface area (Å²) in [4.78, 5) is 4.37. The van der Waals surface area contributed by atoms with Crippen molar-refractivity contribution in [2.45, 2.75) is 6.92 Å². The molecule has 3 aromatic rings. The lowest BCUT2D eigenvalue weighted by Gasteiger charge is -2.11. The van der Waals surface area contributed by atoms with Crippen molar-refractivity contribution in [1.82, 2.24) is 9.55 Å². The largest absolute Gasteiger partial charge is 0.312 e. The van der Waals surface area contributed by atoms with Gasteiger partial charge >= 0.3 is 0 Å². The molecule has 1 aromatic carbocycles. The summed E-state index contributed by atoms with van der Waals surface area (Å²) in [6, 6.07) is 16.4. The topological polar surface area (TPSA) is 17.8 Å². The highest BCUT2D eigenvalue weighted by atomic mass is 19.1. The highest BCUT2D eigenvalue weighted by molar-refractivity contribution is 5.60. The fourth-order valence-electron chi connectivity index (χ4n) is 2.19. The van der Waals surface area contributed by atoms with Crippen LogP contribution in [0.1, 0.15) is 5.69 Å². The highest BCUT2D eigenvalue weighted by Gasteiger charge is 2.09. The van der Waals surface area contributed by atoms with E-state index in [0.29, 0.717) is 0 Å². The van der Waals surface area contributed by atoms with Gasteiger partial charge in [0, 0.05) is 17.6 Å². The first kappa shape index (κ1) is 11.7. The van der Waals surface area contributed by atoms with Crippen molar-refractivity contribution in [2.75, 3.05) is 0 Å². The van der Waals surface area contributed by atoms with Crippen molar-refractivity contribution in [2.24, 2.45) is 0 Å². The Morgan fingerprint density at radius 1 is 0.947 bits per heavy atom. The second kappa shape index (κ2) is 4.69. The Morgan fingerprint density at radius 2 is 1.74 bits per heavy atom. The van der Waals surface area contributed by atoms with E-state index in [1.54, 1.807) is 18.3 Å². The maximum atomic E-state index is 13.0. The maximum Gasteiger partial charge on any atom is 0.123 e. The number of halogens is 1. The van der Waals surface area contributed by atoms with E-state index < -0.39 is 0 Å². The second-order valence-electron chi connectivity index (χ2n) is 4.39. The van der Waals surface area contributed by atoms with Gasteiger partial charge in [0.25, 0.3) is 0 Å². The van der Waals surface area contributed by atoms with Crippen molar-refractivity contribution in [3.63, 3.8) is 0 Å². The van der Waals surface area contributed by atoms with E-state index in [1.165, 1.54) is 12.1 Å². The molecule has 0 saturated heterocycles. The van der Waals surface area contributed by atoms with Crippen molar-refractivity contribution in [3.8, 4) is 17.1 Å². The molecule has 2 aromatic heterocycles. The summed E-state index contributed by atoms with van der Waals surface area (Å²) in [5.41, 5.74) is 3.93. The van der Waals surface area contributed by atoms with Gasteiger partial charge in [-0.3, -0.25) is 4.98 Å².